The normalized spacial score (nSPS) is 37.2. The van der Waals surface area contributed by atoms with Gasteiger partial charge in [0.2, 0.25) is 5.91 Å². The minimum absolute atomic E-state index is 0.154. The van der Waals surface area contributed by atoms with Crippen LogP contribution in [0.3, 0.4) is 0 Å². The summed E-state index contributed by atoms with van der Waals surface area (Å²) in [4.78, 5) is 13.7. The van der Waals surface area contributed by atoms with E-state index in [1.165, 1.54) is 25.7 Å². The van der Waals surface area contributed by atoms with E-state index in [-0.39, 0.29) is 11.2 Å². The first-order valence-electron chi connectivity index (χ1n) is 5.54. The van der Waals surface area contributed by atoms with Crippen molar-refractivity contribution in [2.45, 2.75) is 43.9 Å². The SMILES string of the molecule is CC(S)C(=O)N(C)C1CC2CCC1C2. The fourth-order valence-corrected chi connectivity index (χ4v) is 3.33. The van der Waals surface area contributed by atoms with Crippen LogP contribution in [0.25, 0.3) is 0 Å². The van der Waals surface area contributed by atoms with Gasteiger partial charge in [0, 0.05) is 13.1 Å². The molecule has 4 atom stereocenters. The van der Waals surface area contributed by atoms with Crippen LogP contribution in [-0.4, -0.2) is 29.1 Å². The number of hydrogen-bond acceptors (Lipinski definition) is 2. The summed E-state index contributed by atoms with van der Waals surface area (Å²) >= 11 is 4.20. The molecule has 2 nitrogen and oxygen atoms in total. The predicted molar refractivity (Wildman–Crippen MR) is 60.5 cm³/mol. The van der Waals surface area contributed by atoms with Gasteiger partial charge >= 0.3 is 0 Å². The Balaban J connectivity index is 1.99. The molecule has 14 heavy (non-hydrogen) atoms. The Bertz CT molecular complexity index is 241. The third-order valence-corrected chi connectivity index (χ3v) is 4.12. The second kappa shape index (κ2) is 3.76. The Morgan fingerprint density at radius 1 is 1.43 bits per heavy atom. The van der Waals surface area contributed by atoms with E-state index in [1.54, 1.807) is 0 Å². The predicted octanol–water partition coefficient (Wildman–Crippen LogP) is 1.95. The van der Waals surface area contributed by atoms with E-state index in [2.05, 4.69) is 12.6 Å². The highest BCUT2D eigenvalue weighted by Gasteiger charge is 2.42. The molecule has 80 valence electrons. The molecule has 2 fully saturated rings. The average molecular weight is 213 g/mol. The van der Waals surface area contributed by atoms with Crippen molar-refractivity contribution in [2.24, 2.45) is 11.8 Å². The monoisotopic (exact) mass is 213 g/mol. The molecule has 0 radical (unpaired) electrons. The molecule has 0 heterocycles. The average Bonchev–Trinajstić information content (AvgIpc) is 2.76. The molecule has 2 saturated carbocycles. The molecule has 0 aromatic carbocycles. The van der Waals surface area contributed by atoms with Gasteiger partial charge < -0.3 is 4.90 Å². The second-order valence-corrected chi connectivity index (χ2v) is 5.64. The number of nitrogens with zero attached hydrogens (tertiary/aromatic N) is 1. The summed E-state index contributed by atoms with van der Waals surface area (Å²) in [5, 5.41) is -0.154. The standard InChI is InChI=1S/C11H19NOS/c1-7(14)11(13)12(2)10-6-8-3-4-9(10)5-8/h7-10,14H,3-6H2,1-2H3. The highest BCUT2D eigenvalue weighted by atomic mass is 32.1. The van der Waals surface area contributed by atoms with Crippen LogP contribution < -0.4 is 0 Å². The first kappa shape index (κ1) is 10.3. The Labute approximate surface area is 91.5 Å². The Morgan fingerprint density at radius 3 is 2.57 bits per heavy atom. The van der Waals surface area contributed by atoms with Crippen molar-refractivity contribution in [1.82, 2.24) is 4.90 Å². The first-order chi connectivity index (χ1) is 6.59. The van der Waals surface area contributed by atoms with Crippen LogP contribution in [-0.2, 0) is 4.79 Å². The van der Waals surface area contributed by atoms with Gasteiger partial charge in [-0.05, 0) is 38.0 Å². The van der Waals surface area contributed by atoms with Crippen LogP contribution >= 0.6 is 12.6 Å². The molecule has 0 saturated heterocycles. The van der Waals surface area contributed by atoms with E-state index in [0.717, 1.165) is 11.8 Å². The van der Waals surface area contributed by atoms with Crippen molar-refractivity contribution >= 4 is 18.5 Å². The zero-order valence-corrected chi connectivity index (χ0v) is 9.83. The molecule has 2 rings (SSSR count). The molecule has 0 N–H and O–H groups in total. The van der Waals surface area contributed by atoms with Crippen molar-refractivity contribution in [3.8, 4) is 0 Å². The van der Waals surface area contributed by atoms with Crippen LogP contribution in [0.15, 0.2) is 0 Å². The number of carbonyl (C=O) groups excluding carboxylic acids is 1. The highest BCUT2D eigenvalue weighted by molar-refractivity contribution is 7.81. The Morgan fingerprint density at radius 2 is 2.14 bits per heavy atom. The van der Waals surface area contributed by atoms with Crippen LogP contribution in [0, 0.1) is 11.8 Å². The molecule has 0 aromatic heterocycles. The fraction of sp³-hybridized carbons (Fsp3) is 0.909. The molecule has 1 amide bonds. The maximum absolute atomic E-state index is 11.8. The second-order valence-electron chi connectivity index (χ2n) is 4.87. The van der Waals surface area contributed by atoms with Gasteiger partial charge in [-0.15, -0.1) is 0 Å². The zero-order chi connectivity index (χ0) is 10.3. The summed E-state index contributed by atoms with van der Waals surface area (Å²) in [6, 6.07) is 0.510. The zero-order valence-electron chi connectivity index (χ0n) is 8.94. The number of carbonyl (C=O) groups is 1. The van der Waals surface area contributed by atoms with E-state index >= 15 is 0 Å². The molecule has 0 aromatic rings. The van der Waals surface area contributed by atoms with Gasteiger partial charge in [-0.2, -0.15) is 12.6 Å². The van der Waals surface area contributed by atoms with Gasteiger partial charge in [-0.1, -0.05) is 6.42 Å². The summed E-state index contributed by atoms with van der Waals surface area (Å²) in [5.41, 5.74) is 0. The Hall–Kier alpha value is -0.180. The minimum Gasteiger partial charge on any atom is -0.342 e. The first-order valence-corrected chi connectivity index (χ1v) is 6.06. The lowest BCUT2D eigenvalue weighted by atomic mass is 9.94. The maximum Gasteiger partial charge on any atom is 0.235 e. The van der Waals surface area contributed by atoms with Gasteiger partial charge in [-0.3, -0.25) is 4.79 Å². The van der Waals surface area contributed by atoms with Crippen molar-refractivity contribution < 1.29 is 4.79 Å². The van der Waals surface area contributed by atoms with E-state index < -0.39 is 0 Å². The molecular formula is C11H19NOS. The summed E-state index contributed by atoms with van der Waals surface area (Å²) in [7, 11) is 1.94. The van der Waals surface area contributed by atoms with Crippen LogP contribution in [0.5, 0.6) is 0 Å². The minimum atomic E-state index is -0.154. The third kappa shape index (κ3) is 1.67. The van der Waals surface area contributed by atoms with E-state index in [4.69, 9.17) is 0 Å². The van der Waals surface area contributed by atoms with Crippen LogP contribution in [0.2, 0.25) is 0 Å². The summed E-state index contributed by atoms with van der Waals surface area (Å²) in [6.45, 7) is 1.86. The number of rotatable bonds is 2. The Kier molecular flexibility index (Phi) is 2.78. The molecular weight excluding hydrogens is 194 g/mol. The van der Waals surface area contributed by atoms with Gasteiger partial charge in [0.05, 0.1) is 5.25 Å². The van der Waals surface area contributed by atoms with Crippen molar-refractivity contribution in [3.63, 3.8) is 0 Å². The van der Waals surface area contributed by atoms with E-state index in [9.17, 15) is 4.79 Å². The molecule has 2 aliphatic carbocycles. The molecule has 0 spiro atoms. The molecule has 2 aliphatic rings. The molecule has 3 heteroatoms. The van der Waals surface area contributed by atoms with Crippen LogP contribution in [0.4, 0.5) is 0 Å². The van der Waals surface area contributed by atoms with Gasteiger partial charge in [-0.25, -0.2) is 0 Å². The van der Waals surface area contributed by atoms with E-state index in [1.807, 2.05) is 18.9 Å². The highest BCUT2D eigenvalue weighted by Crippen LogP contribution is 2.46. The topological polar surface area (TPSA) is 20.3 Å². The fourth-order valence-electron chi connectivity index (χ4n) is 3.14. The van der Waals surface area contributed by atoms with Gasteiger partial charge in [0.1, 0.15) is 0 Å². The van der Waals surface area contributed by atoms with Gasteiger partial charge in [0.15, 0.2) is 0 Å². The maximum atomic E-state index is 11.8. The lowest BCUT2D eigenvalue weighted by molar-refractivity contribution is -0.132. The molecule has 2 bridgehead atoms. The number of hydrogen-bond donors (Lipinski definition) is 1. The smallest absolute Gasteiger partial charge is 0.235 e. The quantitative estimate of drug-likeness (QED) is 0.695. The number of fused-ring (bicyclic) bond motifs is 2. The summed E-state index contributed by atoms with van der Waals surface area (Å²) < 4.78 is 0. The van der Waals surface area contributed by atoms with E-state index in [0.29, 0.717) is 6.04 Å². The van der Waals surface area contributed by atoms with Crippen molar-refractivity contribution in [3.05, 3.63) is 0 Å². The largest absolute Gasteiger partial charge is 0.342 e. The van der Waals surface area contributed by atoms with Gasteiger partial charge in [0.25, 0.3) is 0 Å². The molecule has 0 aliphatic heterocycles. The number of amides is 1. The number of thiol groups is 1. The van der Waals surface area contributed by atoms with Crippen molar-refractivity contribution in [1.29, 1.82) is 0 Å². The summed E-state index contributed by atoms with van der Waals surface area (Å²) in [5.74, 6) is 1.86. The van der Waals surface area contributed by atoms with Crippen molar-refractivity contribution in [2.75, 3.05) is 7.05 Å². The summed E-state index contributed by atoms with van der Waals surface area (Å²) in [6.07, 6.45) is 5.30. The third-order valence-electron chi connectivity index (χ3n) is 3.90. The lowest BCUT2D eigenvalue weighted by Gasteiger charge is -2.32. The van der Waals surface area contributed by atoms with Crippen LogP contribution in [0.1, 0.15) is 32.6 Å². The molecule has 4 unspecified atom stereocenters. The lowest BCUT2D eigenvalue weighted by Crippen LogP contribution is -2.43.